The first-order chi connectivity index (χ1) is 7.66. The summed E-state index contributed by atoms with van der Waals surface area (Å²) in [6.45, 7) is 5.09. The van der Waals surface area contributed by atoms with E-state index < -0.39 is 0 Å². The van der Waals surface area contributed by atoms with Gasteiger partial charge in [0, 0.05) is 25.0 Å². The van der Waals surface area contributed by atoms with Crippen molar-refractivity contribution in [1.29, 1.82) is 0 Å². The summed E-state index contributed by atoms with van der Waals surface area (Å²) in [5.74, 6) is 0.315. The lowest BCUT2D eigenvalue weighted by Gasteiger charge is -2.38. The Bertz CT molecular complexity index is 216. The zero-order valence-electron chi connectivity index (χ0n) is 10.7. The standard InChI is InChI=1S/C13H26N2O/c1-3-4-5-9-13(16)15-10-7-6-8-12(15)11(2)14/h11-12H,3-10,14H2,1-2H3. The zero-order valence-corrected chi connectivity index (χ0v) is 10.7. The number of rotatable bonds is 5. The molecule has 1 aliphatic rings. The fourth-order valence-electron chi connectivity index (χ4n) is 2.48. The molecule has 0 bridgehead atoms. The molecule has 1 saturated heterocycles. The Labute approximate surface area is 99.4 Å². The second-order valence-corrected chi connectivity index (χ2v) is 4.97. The van der Waals surface area contributed by atoms with E-state index in [9.17, 15) is 4.79 Å². The highest BCUT2D eigenvalue weighted by Gasteiger charge is 2.28. The Morgan fingerprint density at radius 2 is 2.19 bits per heavy atom. The Morgan fingerprint density at radius 3 is 2.81 bits per heavy atom. The van der Waals surface area contributed by atoms with E-state index in [0.717, 1.165) is 32.2 Å². The number of nitrogens with zero attached hydrogens (tertiary/aromatic N) is 1. The van der Waals surface area contributed by atoms with E-state index in [0.29, 0.717) is 12.3 Å². The smallest absolute Gasteiger partial charge is 0.222 e. The van der Waals surface area contributed by atoms with Gasteiger partial charge in [-0.05, 0) is 32.6 Å². The molecule has 2 unspecified atom stereocenters. The van der Waals surface area contributed by atoms with Crippen LogP contribution in [-0.2, 0) is 4.79 Å². The topological polar surface area (TPSA) is 46.3 Å². The molecule has 2 N–H and O–H groups in total. The van der Waals surface area contributed by atoms with E-state index in [4.69, 9.17) is 5.73 Å². The van der Waals surface area contributed by atoms with Crippen molar-refractivity contribution < 1.29 is 4.79 Å². The van der Waals surface area contributed by atoms with E-state index in [1.165, 1.54) is 12.8 Å². The van der Waals surface area contributed by atoms with Gasteiger partial charge >= 0.3 is 0 Å². The number of unbranched alkanes of at least 4 members (excludes halogenated alkanes) is 2. The van der Waals surface area contributed by atoms with Crippen LogP contribution in [0.4, 0.5) is 0 Å². The number of nitrogens with two attached hydrogens (primary N) is 1. The molecule has 1 heterocycles. The van der Waals surface area contributed by atoms with Gasteiger partial charge in [-0.2, -0.15) is 0 Å². The summed E-state index contributed by atoms with van der Waals surface area (Å²) in [6.07, 6.45) is 7.49. The van der Waals surface area contributed by atoms with Crippen LogP contribution in [-0.4, -0.2) is 29.4 Å². The minimum absolute atomic E-state index is 0.107. The summed E-state index contributed by atoms with van der Waals surface area (Å²) in [5, 5.41) is 0. The summed E-state index contributed by atoms with van der Waals surface area (Å²) in [4.78, 5) is 14.1. The van der Waals surface area contributed by atoms with Crippen LogP contribution in [0.25, 0.3) is 0 Å². The third-order valence-electron chi connectivity index (χ3n) is 3.47. The molecule has 1 amide bonds. The maximum absolute atomic E-state index is 12.1. The average Bonchev–Trinajstić information content (AvgIpc) is 2.29. The second-order valence-electron chi connectivity index (χ2n) is 4.97. The summed E-state index contributed by atoms with van der Waals surface area (Å²) < 4.78 is 0. The molecule has 0 aliphatic carbocycles. The number of carbonyl (C=O) groups is 1. The zero-order chi connectivity index (χ0) is 12.0. The fourth-order valence-corrected chi connectivity index (χ4v) is 2.48. The molecule has 2 atom stereocenters. The lowest BCUT2D eigenvalue weighted by Crippen LogP contribution is -2.51. The van der Waals surface area contributed by atoms with Gasteiger partial charge in [0.05, 0.1) is 0 Å². The first-order valence-electron chi connectivity index (χ1n) is 6.72. The number of likely N-dealkylation sites (tertiary alicyclic amines) is 1. The number of piperidine rings is 1. The molecule has 1 aliphatic heterocycles. The molecule has 3 heteroatoms. The van der Waals surface area contributed by atoms with Crippen LogP contribution in [0, 0.1) is 0 Å². The molecular weight excluding hydrogens is 200 g/mol. The van der Waals surface area contributed by atoms with Crippen molar-refractivity contribution in [2.24, 2.45) is 5.73 Å². The minimum atomic E-state index is 0.107. The number of amides is 1. The lowest BCUT2D eigenvalue weighted by atomic mass is 9.96. The predicted octanol–water partition coefficient (Wildman–Crippen LogP) is 2.29. The van der Waals surface area contributed by atoms with E-state index in [2.05, 4.69) is 6.92 Å². The van der Waals surface area contributed by atoms with Gasteiger partial charge in [-0.25, -0.2) is 0 Å². The van der Waals surface area contributed by atoms with Crippen molar-refractivity contribution in [1.82, 2.24) is 4.90 Å². The highest BCUT2D eigenvalue weighted by Crippen LogP contribution is 2.20. The molecule has 3 nitrogen and oxygen atoms in total. The molecule has 1 fully saturated rings. The Balaban J connectivity index is 2.44. The van der Waals surface area contributed by atoms with Crippen molar-refractivity contribution in [2.75, 3.05) is 6.54 Å². The molecule has 1 rings (SSSR count). The summed E-state index contributed by atoms with van der Waals surface area (Å²) in [7, 11) is 0. The summed E-state index contributed by atoms with van der Waals surface area (Å²) in [5.41, 5.74) is 5.96. The Kier molecular flexibility index (Phi) is 5.81. The largest absolute Gasteiger partial charge is 0.338 e. The van der Waals surface area contributed by atoms with Crippen LogP contribution in [0.15, 0.2) is 0 Å². The maximum atomic E-state index is 12.1. The third kappa shape index (κ3) is 3.78. The molecule has 94 valence electrons. The van der Waals surface area contributed by atoms with Crippen molar-refractivity contribution in [2.45, 2.75) is 70.9 Å². The van der Waals surface area contributed by atoms with Gasteiger partial charge in [0.2, 0.25) is 5.91 Å². The summed E-state index contributed by atoms with van der Waals surface area (Å²) in [6, 6.07) is 0.387. The van der Waals surface area contributed by atoms with Crippen LogP contribution in [0.3, 0.4) is 0 Å². The molecule has 0 radical (unpaired) electrons. The van der Waals surface area contributed by atoms with Crippen LogP contribution in [0.1, 0.15) is 58.8 Å². The van der Waals surface area contributed by atoms with Gasteiger partial charge < -0.3 is 10.6 Å². The fraction of sp³-hybridized carbons (Fsp3) is 0.923. The predicted molar refractivity (Wildman–Crippen MR) is 67.1 cm³/mol. The lowest BCUT2D eigenvalue weighted by molar-refractivity contribution is -0.135. The van der Waals surface area contributed by atoms with Crippen molar-refractivity contribution in [3.8, 4) is 0 Å². The Morgan fingerprint density at radius 1 is 1.44 bits per heavy atom. The van der Waals surface area contributed by atoms with Crippen LogP contribution in [0.5, 0.6) is 0 Å². The van der Waals surface area contributed by atoms with Crippen LogP contribution < -0.4 is 5.73 Å². The first kappa shape index (κ1) is 13.5. The van der Waals surface area contributed by atoms with Crippen LogP contribution in [0.2, 0.25) is 0 Å². The normalized spacial score (nSPS) is 23.2. The third-order valence-corrected chi connectivity index (χ3v) is 3.47. The summed E-state index contributed by atoms with van der Waals surface area (Å²) >= 11 is 0. The first-order valence-corrected chi connectivity index (χ1v) is 6.72. The molecular formula is C13H26N2O. The number of carbonyl (C=O) groups excluding carboxylic acids is 1. The highest BCUT2D eigenvalue weighted by molar-refractivity contribution is 5.76. The van der Waals surface area contributed by atoms with Gasteiger partial charge in [0.15, 0.2) is 0 Å². The maximum Gasteiger partial charge on any atom is 0.222 e. The quantitative estimate of drug-likeness (QED) is 0.731. The minimum Gasteiger partial charge on any atom is -0.338 e. The molecule has 0 aromatic rings. The van der Waals surface area contributed by atoms with E-state index in [-0.39, 0.29) is 12.1 Å². The molecule has 0 spiro atoms. The molecule has 0 aromatic carbocycles. The second kappa shape index (κ2) is 6.89. The van der Waals surface area contributed by atoms with Crippen molar-refractivity contribution >= 4 is 5.91 Å². The van der Waals surface area contributed by atoms with Gasteiger partial charge in [0.1, 0.15) is 0 Å². The highest BCUT2D eigenvalue weighted by atomic mass is 16.2. The van der Waals surface area contributed by atoms with Gasteiger partial charge in [-0.1, -0.05) is 19.8 Å². The van der Waals surface area contributed by atoms with E-state index in [1.54, 1.807) is 0 Å². The molecule has 16 heavy (non-hydrogen) atoms. The SMILES string of the molecule is CCCCCC(=O)N1CCCCC1C(C)N. The number of hydrogen-bond acceptors (Lipinski definition) is 2. The number of hydrogen-bond donors (Lipinski definition) is 1. The molecule has 0 aromatic heterocycles. The van der Waals surface area contributed by atoms with Crippen LogP contribution >= 0.6 is 0 Å². The van der Waals surface area contributed by atoms with E-state index >= 15 is 0 Å². The molecule has 0 saturated carbocycles. The monoisotopic (exact) mass is 226 g/mol. The van der Waals surface area contributed by atoms with E-state index in [1.807, 2.05) is 11.8 Å². The Hall–Kier alpha value is -0.570. The van der Waals surface area contributed by atoms with Crippen molar-refractivity contribution in [3.05, 3.63) is 0 Å². The van der Waals surface area contributed by atoms with Gasteiger partial charge in [-0.3, -0.25) is 4.79 Å². The van der Waals surface area contributed by atoms with Gasteiger partial charge in [-0.15, -0.1) is 0 Å². The average molecular weight is 226 g/mol. The van der Waals surface area contributed by atoms with Gasteiger partial charge in [0.25, 0.3) is 0 Å². The van der Waals surface area contributed by atoms with Crippen molar-refractivity contribution in [3.63, 3.8) is 0 Å².